The Morgan fingerprint density at radius 3 is 2.58 bits per heavy atom. The Hall–Kier alpha value is -3.35. The lowest BCUT2D eigenvalue weighted by atomic mass is 10.2. The number of ether oxygens (including phenoxy) is 1. The summed E-state index contributed by atoms with van der Waals surface area (Å²) in [6.45, 7) is 0. The van der Waals surface area contributed by atoms with E-state index in [1.807, 2.05) is 19.2 Å². The van der Waals surface area contributed by atoms with Crippen molar-refractivity contribution in [2.45, 2.75) is 0 Å². The second-order valence-electron chi connectivity index (χ2n) is 5.16. The van der Waals surface area contributed by atoms with Crippen LogP contribution >= 0.6 is 0 Å². The first kappa shape index (κ1) is 14.3. The maximum absolute atomic E-state index is 13.6. The Labute approximate surface area is 136 Å². The molecule has 0 atom stereocenters. The molecule has 0 saturated carbocycles. The van der Waals surface area contributed by atoms with Gasteiger partial charge in [-0.05, 0) is 24.3 Å². The fourth-order valence-corrected chi connectivity index (χ4v) is 2.31. The lowest BCUT2D eigenvalue weighted by Gasteiger charge is -2.05. The first-order valence-corrected chi connectivity index (χ1v) is 7.24. The van der Waals surface area contributed by atoms with E-state index in [-0.39, 0.29) is 11.8 Å². The SMILES string of the molecule is Cn1ncc2ccc(-c3cnc(Oc4ccccc4F)nc3)nc21. The Morgan fingerprint density at radius 1 is 1.00 bits per heavy atom. The van der Waals surface area contributed by atoms with Gasteiger partial charge in [0.05, 0.1) is 11.9 Å². The summed E-state index contributed by atoms with van der Waals surface area (Å²) in [5.74, 6) is -0.381. The summed E-state index contributed by atoms with van der Waals surface area (Å²) in [6.07, 6.45) is 4.94. The van der Waals surface area contributed by atoms with E-state index in [9.17, 15) is 4.39 Å². The van der Waals surface area contributed by atoms with Crippen molar-refractivity contribution in [2.24, 2.45) is 7.05 Å². The van der Waals surface area contributed by atoms with Crippen LogP contribution in [0.4, 0.5) is 4.39 Å². The molecule has 6 nitrogen and oxygen atoms in total. The molecule has 1 aromatic carbocycles. The summed E-state index contributed by atoms with van der Waals surface area (Å²) in [5.41, 5.74) is 2.24. The van der Waals surface area contributed by atoms with Gasteiger partial charge in [0.15, 0.2) is 17.2 Å². The molecule has 4 aromatic rings. The van der Waals surface area contributed by atoms with Crippen molar-refractivity contribution in [1.29, 1.82) is 0 Å². The number of benzene rings is 1. The van der Waals surface area contributed by atoms with Crippen molar-refractivity contribution in [2.75, 3.05) is 0 Å². The van der Waals surface area contributed by atoms with Gasteiger partial charge in [-0.3, -0.25) is 4.68 Å². The van der Waals surface area contributed by atoms with Gasteiger partial charge in [0, 0.05) is 30.4 Å². The standard InChI is InChI=1S/C17H12FN5O/c1-23-16-11(10-21-23)6-7-14(22-16)12-8-19-17(20-9-12)24-15-5-3-2-4-13(15)18/h2-10H,1H3. The van der Waals surface area contributed by atoms with Gasteiger partial charge < -0.3 is 4.74 Å². The molecule has 0 bridgehead atoms. The Balaban J connectivity index is 1.63. The van der Waals surface area contributed by atoms with Crippen molar-refractivity contribution in [3.05, 3.63) is 60.8 Å². The van der Waals surface area contributed by atoms with Crippen LogP contribution in [0.2, 0.25) is 0 Å². The van der Waals surface area contributed by atoms with Crippen molar-refractivity contribution in [1.82, 2.24) is 24.7 Å². The van der Waals surface area contributed by atoms with Crippen LogP contribution in [0.5, 0.6) is 11.8 Å². The van der Waals surface area contributed by atoms with Gasteiger partial charge in [-0.15, -0.1) is 0 Å². The quantitative estimate of drug-likeness (QED) is 0.579. The van der Waals surface area contributed by atoms with Gasteiger partial charge >= 0.3 is 6.01 Å². The first-order valence-electron chi connectivity index (χ1n) is 7.24. The van der Waals surface area contributed by atoms with Crippen molar-refractivity contribution >= 4 is 11.0 Å². The molecule has 0 N–H and O–H groups in total. The minimum absolute atomic E-state index is 0.0745. The third-order valence-electron chi connectivity index (χ3n) is 3.54. The minimum Gasteiger partial charge on any atom is -0.421 e. The van der Waals surface area contributed by atoms with Crippen LogP contribution in [0.1, 0.15) is 0 Å². The Morgan fingerprint density at radius 2 is 1.79 bits per heavy atom. The number of pyridine rings is 1. The largest absolute Gasteiger partial charge is 0.421 e. The third kappa shape index (κ3) is 2.56. The van der Waals surface area contributed by atoms with E-state index in [0.29, 0.717) is 0 Å². The minimum atomic E-state index is -0.464. The van der Waals surface area contributed by atoms with E-state index >= 15 is 0 Å². The molecule has 4 rings (SSSR count). The summed E-state index contributed by atoms with van der Waals surface area (Å²) in [6, 6.07) is 9.99. The second kappa shape index (κ2) is 5.69. The van der Waals surface area contributed by atoms with Crippen LogP contribution in [0.15, 0.2) is 55.0 Å². The predicted octanol–water partition coefficient (Wildman–Crippen LogP) is 3.36. The number of fused-ring (bicyclic) bond motifs is 1. The Bertz CT molecular complexity index is 1010. The molecule has 0 spiro atoms. The highest BCUT2D eigenvalue weighted by molar-refractivity contribution is 5.77. The second-order valence-corrected chi connectivity index (χ2v) is 5.16. The highest BCUT2D eigenvalue weighted by atomic mass is 19.1. The topological polar surface area (TPSA) is 65.7 Å². The lowest BCUT2D eigenvalue weighted by Crippen LogP contribution is -1.96. The molecule has 0 aliphatic carbocycles. The van der Waals surface area contributed by atoms with Gasteiger partial charge in [-0.2, -0.15) is 5.10 Å². The number of hydrogen-bond donors (Lipinski definition) is 0. The number of aryl methyl sites for hydroxylation is 1. The zero-order valence-corrected chi connectivity index (χ0v) is 12.7. The maximum Gasteiger partial charge on any atom is 0.322 e. The van der Waals surface area contributed by atoms with Gasteiger partial charge in [-0.1, -0.05) is 12.1 Å². The third-order valence-corrected chi connectivity index (χ3v) is 3.54. The molecule has 0 aliphatic heterocycles. The molecule has 0 radical (unpaired) electrons. The molecule has 3 heterocycles. The molecule has 0 fully saturated rings. The number of hydrogen-bond acceptors (Lipinski definition) is 5. The molecule has 24 heavy (non-hydrogen) atoms. The summed E-state index contributed by atoms with van der Waals surface area (Å²) < 4.78 is 20.6. The van der Waals surface area contributed by atoms with E-state index in [0.717, 1.165) is 22.3 Å². The predicted molar refractivity (Wildman–Crippen MR) is 86.0 cm³/mol. The fraction of sp³-hybridized carbons (Fsp3) is 0.0588. The van der Waals surface area contributed by atoms with Gasteiger partial charge in [0.2, 0.25) is 0 Å². The molecule has 7 heteroatoms. The number of aromatic nitrogens is 5. The van der Waals surface area contributed by atoms with E-state index in [1.54, 1.807) is 35.4 Å². The van der Waals surface area contributed by atoms with Crippen LogP contribution < -0.4 is 4.74 Å². The van der Waals surface area contributed by atoms with E-state index < -0.39 is 5.82 Å². The smallest absolute Gasteiger partial charge is 0.322 e. The number of halogens is 1. The van der Waals surface area contributed by atoms with Crippen LogP contribution in [-0.2, 0) is 7.05 Å². The highest BCUT2D eigenvalue weighted by Crippen LogP contribution is 2.23. The summed E-state index contributed by atoms with van der Waals surface area (Å²) in [5, 5.41) is 5.13. The van der Waals surface area contributed by atoms with Crippen LogP contribution in [-0.4, -0.2) is 24.7 Å². The van der Waals surface area contributed by atoms with E-state index in [1.165, 1.54) is 12.1 Å². The first-order chi connectivity index (χ1) is 11.7. The molecular weight excluding hydrogens is 309 g/mol. The van der Waals surface area contributed by atoms with Gasteiger partial charge in [0.1, 0.15) is 0 Å². The van der Waals surface area contributed by atoms with Gasteiger partial charge in [0.25, 0.3) is 0 Å². The maximum atomic E-state index is 13.6. The Kier molecular flexibility index (Phi) is 3.38. The molecular formula is C17H12FN5O. The van der Waals surface area contributed by atoms with Crippen LogP contribution in [0, 0.1) is 5.82 Å². The van der Waals surface area contributed by atoms with E-state index in [4.69, 9.17) is 4.74 Å². The fourth-order valence-electron chi connectivity index (χ4n) is 2.31. The van der Waals surface area contributed by atoms with Gasteiger partial charge in [-0.25, -0.2) is 19.3 Å². The van der Waals surface area contributed by atoms with Crippen molar-refractivity contribution in [3.8, 4) is 23.0 Å². The lowest BCUT2D eigenvalue weighted by molar-refractivity contribution is 0.411. The van der Waals surface area contributed by atoms with Crippen molar-refractivity contribution < 1.29 is 9.13 Å². The summed E-state index contributed by atoms with van der Waals surface area (Å²) >= 11 is 0. The van der Waals surface area contributed by atoms with Crippen LogP contribution in [0.3, 0.4) is 0 Å². The molecule has 0 saturated heterocycles. The molecule has 3 aromatic heterocycles. The molecule has 0 unspecified atom stereocenters. The zero-order valence-electron chi connectivity index (χ0n) is 12.7. The van der Waals surface area contributed by atoms with Crippen LogP contribution in [0.25, 0.3) is 22.3 Å². The van der Waals surface area contributed by atoms with E-state index in [2.05, 4.69) is 20.1 Å². The number of para-hydroxylation sites is 1. The number of nitrogens with zero attached hydrogens (tertiary/aromatic N) is 5. The molecule has 0 amide bonds. The monoisotopic (exact) mass is 321 g/mol. The average Bonchev–Trinajstić information content (AvgIpc) is 2.98. The molecule has 0 aliphatic rings. The molecule has 118 valence electrons. The van der Waals surface area contributed by atoms with Crippen molar-refractivity contribution in [3.63, 3.8) is 0 Å². The average molecular weight is 321 g/mol. The zero-order chi connectivity index (χ0) is 16.5. The summed E-state index contributed by atoms with van der Waals surface area (Å²) in [7, 11) is 1.83. The highest BCUT2D eigenvalue weighted by Gasteiger charge is 2.08. The normalized spacial score (nSPS) is 10.9. The summed E-state index contributed by atoms with van der Waals surface area (Å²) in [4.78, 5) is 12.8. The number of rotatable bonds is 3.